The van der Waals surface area contributed by atoms with Crippen molar-refractivity contribution in [2.45, 2.75) is 37.9 Å². The fraction of sp³-hybridized carbons (Fsp3) is 0.350. The molecule has 0 saturated carbocycles. The van der Waals surface area contributed by atoms with Gasteiger partial charge in [0, 0.05) is 6.42 Å². The maximum atomic E-state index is 12.2. The summed E-state index contributed by atoms with van der Waals surface area (Å²) in [6.07, 6.45) is -0.711. The second kappa shape index (κ2) is 10.2. The lowest BCUT2D eigenvalue weighted by molar-refractivity contribution is -0.151. The van der Waals surface area contributed by atoms with Crippen molar-refractivity contribution in [3.05, 3.63) is 65.7 Å². The van der Waals surface area contributed by atoms with Crippen molar-refractivity contribution < 1.29 is 26.9 Å². The molecule has 7 heteroatoms. The van der Waals surface area contributed by atoms with Gasteiger partial charge in [-0.25, -0.2) is 4.79 Å². The van der Waals surface area contributed by atoms with E-state index >= 15 is 0 Å². The topological polar surface area (TPSA) is 78.9 Å². The summed E-state index contributed by atoms with van der Waals surface area (Å²) < 4.78 is 39.8. The molecule has 0 aromatic heterocycles. The molecular formula is C20H24O6S. The third-order valence-electron chi connectivity index (χ3n) is 3.70. The maximum Gasteiger partial charge on any atom is 0.336 e. The molecule has 0 aliphatic carbocycles. The van der Waals surface area contributed by atoms with Crippen LogP contribution in [0, 0.1) is 6.92 Å². The zero-order valence-corrected chi connectivity index (χ0v) is 16.3. The van der Waals surface area contributed by atoms with Gasteiger partial charge in [-0.05, 0) is 31.5 Å². The summed E-state index contributed by atoms with van der Waals surface area (Å²) in [7, 11) is -4.02. The summed E-state index contributed by atoms with van der Waals surface area (Å²) in [5.41, 5.74) is 1.99. The van der Waals surface area contributed by atoms with Crippen LogP contribution in [-0.2, 0) is 35.2 Å². The Morgan fingerprint density at radius 2 is 1.67 bits per heavy atom. The van der Waals surface area contributed by atoms with Crippen molar-refractivity contribution >= 4 is 16.1 Å². The molecule has 0 N–H and O–H groups in total. The van der Waals surface area contributed by atoms with E-state index in [9.17, 15) is 13.2 Å². The predicted molar refractivity (Wildman–Crippen MR) is 101 cm³/mol. The van der Waals surface area contributed by atoms with E-state index in [2.05, 4.69) is 0 Å². The van der Waals surface area contributed by atoms with E-state index in [1.807, 2.05) is 37.3 Å². The van der Waals surface area contributed by atoms with E-state index in [1.165, 1.54) is 19.1 Å². The molecule has 0 spiro atoms. The normalized spacial score (nSPS) is 12.5. The highest BCUT2D eigenvalue weighted by Crippen LogP contribution is 2.15. The molecule has 2 rings (SSSR count). The van der Waals surface area contributed by atoms with Crippen LogP contribution in [0.15, 0.2) is 59.5 Å². The molecule has 2 aromatic carbocycles. The fourth-order valence-corrected chi connectivity index (χ4v) is 3.24. The number of hydrogen-bond donors (Lipinski definition) is 0. The van der Waals surface area contributed by atoms with Gasteiger partial charge in [0.2, 0.25) is 0 Å². The lowest BCUT2D eigenvalue weighted by Gasteiger charge is -2.13. The molecule has 0 heterocycles. The first kappa shape index (κ1) is 21.1. The van der Waals surface area contributed by atoms with E-state index in [0.717, 1.165) is 11.1 Å². The number of rotatable bonds is 10. The van der Waals surface area contributed by atoms with Gasteiger partial charge in [-0.1, -0.05) is 48.0 Å². The standard InChI is InChI=1S/C20H24O6S/c1-16-9-11-19(12-10-16)27(22,23)26-17(2)20(21)25-14-6-13-24-15-18-7-4-3-5-8-18/h3-5,7-12,17H,6,13-15H2,1-2H3. The van der Waals surface area contributed by atoms with Crippen LogP contribution in [-0.4, -0.2) is 33.7 Å². The van der Waals surface area contributed by atoms with E-state index in [-0.39, 0.29) is 11.5 Å². The van der Waals surface area contributed by atoms with Gasteiger partial charge in [0.25, 0.3) is 10.1 Å². The van der Waals surface area contributed by atoms with E-state index in [4.69, 9.17) is 13.7 Å². The van der Waals surface area contributed by atoms with Gasteiger partial charge in [0.1, 0.15) is 0 Å². The molecule has 2 aromatic rings. The Labute approximate surface area is 160 Å². The van der Waals surface area contributed by atoms with Gasteiger partial charge in [-0.2, -0.15) is 8.42 Å². The van der Waals surface area contributed by atoms with Crippen LogP contribution in [0.5, 0.6) is 0 Å². The summed E-state index contributed by atoms with van der Waals surface area (Å²) >= 11 is 0. The Bertz CT molecular complexity index is 815. The van der Waals surface area contributed by atoms with Crippen LogP contribution < -0.4 is 0 Å². The molecule has 0 aliphatic heterocycles. The van der Waals surface area contributed by atoms with Gasteiger partial charge < -0.3 is 9.47 Å². The van der Waals surface area contributed by atoms with Crippen molar-refractivity contribution in [1.82, 2.24) is 0 Å². The molecule has 146 valence electrons. The smallest absolute Gasteiger partial charge is 0.336 e. The number of ether oxygens (including phenoxy) is 2. The summed E-state index contributed by atoms with van der Waals surface area (Å²) in [6.45, 7) is 4.24. The molecule has 0 saturated heterocycles. The number of esters is 1. The molecule has 1 atom stereocenters. The largest absolute Gasteiger partial charge is 0.464 e. The molecule has 27 heavy (non-hydrogen) atoms. The van der Waals surface area contributed by atoms with Crippen molar-refractivity contribution in [3.63, 3.8) is 0 Å². The number of carbonyl (C=O) groups is 1. The van der Waals surface area contributed by atoms with Gasteiger partial charge in [-0.3, -0.25) is 4.18 Å². The van der Waals surface area contributed by atoms with Crippen LogP contribution in [0.1, 0.15) is 24.5 Å². The van der Waals surface area contributed by atoms with Crippen LogP contribution in [0.2, 0.25) is 0 Å². The summed E-state index contributed by atoms with van der Waals surface area (Å²) in [6, 6.07) is 15.9. The van der Waals surface area contributed by atoms with Crippen molar-refractivity contribution in [2.24, 2.45) is 0 Å². The molecule has 0 fully saturated rings. The molecule has 0 aliphatic rings. The van der Waals surface area contributed by atoms with Gasteiger partial charge in [0.05, 0.1) is 24.7 Å². The minimum absolute atomic E-state index is 0.00191. The molecule has 6 nitrogen and oxygen atoms in total. The number of benzene rings is 2. The second-order valence-electron chi connectivity index (χ2n) is 6.06. The highest BCUT2D eigenvalue weighted by Gasteiger charge is 2.24. The first-order valence-electron chi connectivity index (χ1n) is 8.67. The van der Waals surface area contributed by atoms with E-state index < -0.39 is 22.2 Å². The van der Waals surface area contributed by atoms with Gasteiger partial charge in [-0.15, -0.1) is 0 Å². The first-order chi connectivity index (χ1) is 12.9. The third-order valence-corrected chi connectivity index (χ3v) is 5.09. The van der Waals surface area contributed by atoms with Crippen molar-refractivity contribution in [1.29, 1.82) is 0 Å². The lowest BCUT2D eigenvalue weighted by atomic mass is 10.2. The highest BCUT2D eigenvalue weighted by atomic mass is 32.2. The minimum Gasteiger partial charge on any atom is -0.464 e. The number of aryl methyl sites for hydroxylation is 1. The Balaban J connectivity index is 1.68. The third kappa shape index (κ3) is 7.13. The van der Waals surface area contributed by atoms with Crippen LogP contribution in [0.4, 0.5) is 0 Å². The average Bonchev–Trinajstić information content (AvgIpc) is 2.65. The van der Waals surface area contributed by atoms with E-state index in [1.54, 1.807) is 12.1 Å². The monoisotopic (exact) mass is 392 g/mol. The SMILES string of the molecule is Cc1ccc(S(=O)(=O)OC(C)C(=O)OCCCOCc2ccccc2)cc1. The second-order valence-corrected chi connectivity index (χ2v) is 7.64. The summed E-state index contributed by atoms with van der Waals surface area (Å²) in [5.74, 6) is -0.728. The van der Waals surface area contributed by atoms with Crippen molar-refractivity contribution in [3.8, 4) is 0 Å². The number of carbonyl (C=O) groups excluding carboxylic acids is 1. The maximum absolute atomic E-state index is 12.2. The summed E-state index contributed by atoms with van der Waals surface area (Å²) in [4.78, 5) is 11.9. The van der Waals surface area contributed by atoms with Gasteiger partial charge >= 0.3 is 5.97 Å². The molecule has 0 bridgehead atoms. The van der Waals surface area contributed by atoms with Crippen molar-refractivity contribution in [2.75, 3.05) is 13.2 Å². The first-order valence-corrected chi connectivity index (χ1v) is 10.1. The van der Waals surface area contributed by atoms with Crippen LogP contribution in [0.3, 0.4) is 0 Å². The fourth-order valence-electron chi connectivity index (χ4n) is 2.21. The zero-order valence-electron chi connectivity index (χ0n) is 15.5. The number of hydrogen-bond acceptors (Lipinski definition) is 6. The Morgan fingerprint density at radius 1 is 1.00 bits per heavy atom. The lowest BCUT2D eigenvalue weighted by Crippen LogP contribution is -2.27. The Hall–Kier alpha value is -2.22. The Morgan fingerprint density at radius 3 is 2.33 bits per heavy atom. The quantitative estimate of drug-likeness (QED) is 0.351. The average molecular weight is 392 g/mol. The van der Waals surface area contributed by atoms with E-state index in [0.29, 0.717) is 19.6 Å². The molecule has 0 amide bonds. The predicted octanol–water partition coefficient (Wildman–Crippen LogP) is 3.24. The zero-order chi connectivity index (χ0) is 19.7. The molecule has 0 radical (unpaired) electrons. The highest BCUT2D eigenvalue weighted by molar-refractivity contribution is 7.86. The minimum atomic E-state index is -4.02. The Kier molecular flexibility index (Phi) is 7.97. The summed E-state index contributed by atoms with van der Waals surface area (Å²) in [5, 5.41) is 0. The van der Waals surface area contributed by atoms with Gasteiger partial charge in [0.15, 0.2) is 6.10 Å². The molecular weight excluding hydrogens is 368 g/mol. The van der Waals surface area contributed by atoms with Crippen LogP contribution >= 0.6 is 0 Å². The molecule has 1 unspecified atom stereocenters. The van der Waals surface area contributed by atoms with Crippen LogP contribution in [0.25, 0.3) is 0 Å².